The van der Waals surface area contributed by atoms with E-state index in [1.807, 2.05) is 13.8 Å². The van der Waals surface area contributed by atoms with E-state index in [1.165, 1.54) is 5.56 Å². The third kappa shape index (κ3) is 4.33. The Hall–Kier alpha value is -1.12. The van der Waals surface area contributed by atoms with Gasteiger partial charge < -0.3 is 11.5 Å². The number of hydrogen-bond acceptors (Lipinski definition) is 2. The molecular formula is C15H24N2. The molecule has 0 aromatic heterocycles. The summed E-state index contributed by atoms with van der Waals surface area (Å²) < 4.78 is 0. The third-order valence-corrected chi connectivity index (χ3v) is 2.86. The molecule has 0 heterocycles. The van der Waals surface area contributed by atoms with Gasteiger partial charge in [0.2, 0.25) is 0 Å². The molecule has 0 saturated heterocycles. The summed E-state index contributed by atoms with van der Waals surface area (Å²) in [6.07, 6.45) is 4.23. The molecule has 0 bridgehead atoms. The molecule has 1 aromatic carbocycles. The Bertz CT molecular complexity index is 380. The van der Waals surface area contributed by atoms with Crippen molar-refractivity contribution in [1.82, 2.24) is 0 Å². The van der Waals surface area contributed by atoms with Gasteiger partial charge in [-0.1, -0.05) is 50.3 Å². The molecule has 0 unspecified atom stereocenters. The summed E-state index contributed by atoms with van der Waals surface area (Å²) in [5.74, 6) is 0. The Balaban J connectivity index is 2.92. The largest absolute Gasteiger partial charge is 0.326 e. The molecule has 2 nitrogen and oxygen atoms in total. The van der Waals surface area contributed by atoms with Gasteiger partial charge in [-0.15, -0.1) is 0 Å². The normalized spacial score (nSPS) is 13.3. The van der Waals surface area contributed by atoms with Crippen LogP contribution < -0.4 is 11.5 Å². The molecule has 2 heteroatoms. The first-order valence-electron chi connectivity index (χ1n) is 6.03. The molecule has 94 valence electrons. The SMILES string of the molecule is CC(C)(N)/C=C/C(C)(C)c1ccc(CN)cc1. The Labute approximate surface area is 105 Å². The number of rotatable bonds is 4. The van der Waals surface area contributed by atoms with Crippen molar-refractivity contribution in [3.63, 3.8) is 0 Å². The highest BCUT2D eigenvalue weighted by Crippen LogP contribution is 2.25. The third-order valence-electron chi connectivity index (χ3n) is 2.86. The summed E-state index contributed by atoms with van der Waals surface area (Å²) in [6, 6.07) is 8.43. The summed E-state index contributed by atoms with van der Waals surface area (Å²) in [5.41, 5.74) is 13.7. The van der Waals surface area contributed by atoms with Crippen LogP contribution in [0.1, 0.15) is 38.8 Å². The molecule has 0 fully saturated rings. The highest BCUT2D eigenvalue weighted by atomic mass is 14.7. The Morgan fingerprint density at radius 3 is 1.94 bits per heavy atom. The fraction of sp³-hybridized carbons (Fsp3) is 0.467. The van der Waals surface area contributed by atoms with Crippen molar-refractivity contribution in [3.05, 3.63) is 47.5 Å². The summed E-state index contributed by atoms with van der Waals surface area (Å²) in [4.78, 5) is 0. The quantitative estimate of drug-likeness (QED) is 0.784. The first kappa shape index (κ1) is 13.9. The molecule has 1 rings (SSSR count). The fourth-order valence-corrected chi connectivity index (χ4v) is 1.59. The van der Waals surface area contributed by atoms with Gasteiger partial charge in [-0.05, 0) is 25.0 Å². The predicted octanol–water partition coefficient (Wildman–Crippen LogP) is 2.72. The van der Waals surface area contributed by atoms with Crippen molar-refractivity contribution in [2.75, 3.05) is 0 Å². The summed E-state index contributed by atoms with van der Waals surface area (Å²) in [5, 5.41) is 0. The van der Waals surface area contributed by atoms with Crippen molar-refractivity contribution >= 4 is 0 Å². The first-order valence-corrected chi connectivity index (χ1v) is 6.03. The molecule has 17 heavy (non-hydrogen) atoms. The molecular weight excluding hydrogens is 208 g/mol. The zero-order chi connectivity index (χ0) is 13.1. The number of nitrogens with two attached hydrogens (primary N) is 2. The zero-order valence-corrected chi connectivity index (χ0v) is 11.3. The van der Waals surface area contributed by atoms with Crippen LogP contribution in [0.5, 0.6) is 0 Å². The number of hydrogen-bond donors (Lipinski definition) is 2. The lowest BCUT2D eigenvalue weighted by molar-refractivity contribution is 0.619. The van der Waals surface area contributed by atoms with Crippen molar-refractivity contribution in [3.8, 4) is 0 Å². The monoisotopic (exact) mass is 232 g/mol. The molecule has 0 aliphatic heterocycles. The summed E-state index contributed by atoms with van der Waals surface area (Å²) >= 11 is 0. The summed E-state index contributed by atoms with van der Waals surface area (Å²) in [7, 11) is 0. The van der Waals surface area contributed by atoms with Gasteiger partial charge in [0.15, 0.2) is 0 Å². The highest BCUT2D eigenvalue weighted by Gasteiger charge is 2.18. The van der Waals surface area contributed by atoms with Gasteiger partial charge in [0.25, 0.3) is 0 Å². The molecule has 0 radical (unpaired) electrons. The lowest BCUT2D eigenvalue weighted by Gasteiger charge is -2.23. The minimum atomic E-state index is -0.269. The van der Waals surface area contributed by atoms with E-state index in [1.54, 1.807) is 0 Å². The molecule has 0 spiro atoms. The minimum Gasteiger partial charge on any atom is -0.326 e. The maximum atomic E-state index is 5.96. The highest BCUT2D eigenvalue weighted by molar-refractivity contribution is 5.32. The van der Waals surface area contributed by atoms with Crippen molar-refractivity contribution in [2.24, 2.45) is 11.5 Å². The number of benzene rings is 1. The van der Waals surface area contributed by atoms with Gasteiger partial charge in [-0.2, -0.15) is 0 Å². The molecule has 0 amide bonds. The van der Waals surface area contributed by atoms with Crippen LogP contribution in [-0.2, 0) is 12.0 Å². The van der Waals surface area contributed by atoms with E-state index in [-0.39, 0.29) is 11.0 Å². The van der Waals surface area contributed by atoms with Gasteiger partial charge in [-0.3, -0.25) is 0 Å². The van der Waals surface area contributed by atoms with Crippen LogP contribution in [0.3, 0.4) is 0 Å². The molecule has 0 atom stereocenters. The average Bonchev–Trinajstić information content (AvgIpc) is 2.26. The first-order chi connectivity index (χ1) is 7.74. The zero-order valence-electron chi connectivity index (χ0n) is 11.3. The predicted molar refractivity (Wildman–Crippen MR) is 74.8 cm³/mol. The minimum absolute atomic E-state index is 0.0102. The molecule has 0 aliphatic rings. The Morgan fingerprint density at radius 1 is 1.00 bits per heavy atom. The maximum absolute atomic E-state index is 5.96. The van der Waals surface area contributed by atoms with Gasteiger partial charge >= 0.3 is 0 Å². The topological polar surface area (TPSA) is 52.0 Å². The van der Waals surface area contributed by atoms with Crippen molar-refractivity contribution in [1.29, 1.82) is 0 Å². The maximum Gasteiger partial charge on any atom is 0.0281 e. The van der Waals surface area contributed by atoms with Crippen molar-refractivity contribution in [2.45, 2.75) is 45.2 Å². The molecule has 4 N–H and O–H groups in total. The van der Waals surface area contributed by atoms with Gasteiger partial charge in [0.05, 0.1) is 0 Å². The molecule has 0 saturated carbocycles. The Kier molecular flexibility index (Phi) is 4.12. The van der Waals surface area contributed by atoms with Gasteiger partial charge in [0.1, 0.15) is 0 Å². The van der Waals surface area contributed by atoms with Crippen LogP contribution in [0, 0.1) is 0 Å². The molecule has 1 aromatic rings. The Morgan fingerprint density at radius 2 is 1.53 bits per heavy atom. The van der Waals surface area contributed by atoms with E-state index >= 15 is 0 Å². The van der Waals surface area contributed by atoms with Crippen molar-refractivity contribution < 1.29 is 0 Å². The van der Waals surface area contributed by atoms with Crippen LogP contribution in [0.15, 0.2) is 36.4 Å². The second-order valence-electron chi connectivity index (χ2n) is 5.78. The van der Waals surface area contributed by atoms with Crippen LogP contribution in [-0.4, -0.2) is 5.54 Å². The smallest absolute Gasteiger partial charge is 0.0281 e. The van der Waals surface area contributed by atoms with Crippen LogP contribution >= 0.6 is 0 Å². The van der Waals surface area contributed by atoms with Gasteiger partial charge in [-0.25, -0.2) is 0 Å². The standard InChI is InChI=1S/C15H24N2/c1-14(2,9-10-15(3,4)17)13-7-5-12(11-16)6-8-13/h5-10H,11,16-17H2,1-4H3/b10-9+. The lowest BCUT2D eigenvalue weighted by Crippen LogP contribution is -2.30. The lowest BCUT2D eigenvalue weighted by atomic mass is 9.82. The van der Waals surface area contributed by atoms with E-state index in [0.717, 1.165) is 5.56 Å². The second kappa shape index (κ2) is 5.03. The van der Waals surface area contributed by atoms with E-state index in [2.05, 4.69) is 50.3 Å². The van der Waals surface area contributed by atoms with Crippen LogP contribution in [0.4, 0.5) is 0 Å². The average molecular weight is 232 g/mol. The fourth-order valence-electron chi connectivity index (χ4n) is 1.59. The van der Waals surface area contributed by atoms with Gasteiger partial charge in [0, 0.05) is 17.5 Å². The molecule has 0 aliphatic carbocycles. The summed E-state index contributed by atoms with van der Waals surface area (Å²) in [6.45, 7) is 8.96. The second-order valence-corrected chi connectivity index (χ2v) is 5.78. The van der Waals surface area contributed by atoms with E-state index in [0.29, 0.717) is 6.54 Å². The van der Waals surface area contributed by atoms with Crippen LogP contribution in [0.25, 0.3) is 0 Å². The van der Waals surface area contributed by atoms with Crippen LogP contribution in [0.2, 0.25) is 0 Å². The van der Waals surface area contributed by atoms with E-state index in [9.17, 15) is 0 Å². The van der Waals surface area contributed by atoms with E-state index in [4.69, 9.17) is 11.5 Å². The van der Waals surface area contributed by atoms with E-state index < -0.39 is 0 Å². The number of allylic oxidation sites excluding steroid dienone is 1.